The van der Waals surface area contributed by atoms with E-state index in [-0.39, 0.29) is 18.6 Å². The quantitative estimate of drug-likeness (QED) is 0.874. The Labute approximate surface area is 125 Å². The van der Waals surface area contributed by atoms with Crippen LogP contribution in [0.1, 0.15) is 44.4 Å². The van der Waals surface area contributed by atoms with E-state index in [0.29, 0.717) is 12.2 Å². The summed E-state index contributed by atoms with van der Waals surface area (Å²) in [5.74, 6) is -0.415. The van der Waals surface area contributed by atoms with Crippen molar-refractivity contribution in [1.82, 2.24) is 9.88 Å². The molecule has 5 heteroatoms. The number of nitrogens with zero attached hydrogens (tertiary/aromatic N) is 2. The van der Waals surface area contributed by atoms with Crippen LogP contribution in [0.5, 0.6) is 0 Å². The lowest BCUT2D eigenvalue weighted by molar-refractivity contribution is 0.0556. The van der Waals surface area contributed by atoms with Crippen LogP contribution in [0.25, 0.3) is 0 Å². The second kappa shape index (κ2) is 7.82. The molecule has 2 N–H and O–H groups in total. The SMILES string of the molecule is CC(CN1CCCCCC1CO)C(O)c1ccc(F)cn1. The van der Waals surface area contributed by atoms with Gasteiger partial charge in [-0.3, -0.25) is 9.88 Å². The lowest BCUT2D eigenvalue weighted by atomic mass is 9.99. The van der Waals surface area contributed by atoms with Gasteiger partial charge in [-0.15, -0.1) is 0 Å². The van der Waals surface area contributed by atoms with Gasteiger partial charge in [0, 0.05) is 18.5 Å². The highest BCUT2D eigenvalue weighted by Crippen LogP contribution is 2.24. The second-order valence-corrected chi connectivity index (χ2v) is 6.00. The first-order valence-electron chi connectivity index (χ1n) is 7.76. The van der Waals surface area contributed by atoms with Crippen molar-refractivity contribution in [3.05, 3.63) is 29.8 Å². The van der Waals surface area contributed by atoms with Crippen LogP contribution in [0, 0.1) is 11.7 Å². The van der Waals surface area contributed by atoms with Gasteiger partial charge < -0.3 is 10.2 Å². The van der Waals surface area contributed by atoms with Gasteiger partial charge >= 0.3 is 0 Å². The van der Waals surface area contributed by atoms with E-state index in [0.717, 1.165) is 32.0 Å². The summed E-state index contributed by atoms with van der Waals surface area (Å²) >= 11 is 0. The van der Waals surface area contributed by atoms with E-state index < -0.39 is 11.9 Å². The molecule has 1 aromatic heterocycles. The molecule has 0 aliphatic carbocycles. The molecule has 3 unspecified atom stereocenters. The summed E-state index contributed by atoms with van der Waals surface area (Å²) in [7, 11) is 0. The Morgan fingerprint density at radius 1 is 1.38 bits per heavy atom. The molecular weight excluding hydrogens is 271 g/mol. The molecule has 1 saturated heterocycles. The van der Waals surface area contributed by atoms with E-state index in [4.69, 9.17) is 0 Å². The highest BCUT2D eigenvalue weighted by molar-refractivity contribution is 5.09. The van der Waals surface area contributed by atoms with E-state index in [1.165, 1.54) is 18.6 Å². The lowest BCUT2D eigenvalue weighted by Gasteiger charge is -2.32. The molecule has 4 nitrogen and oxygen atoms in total. The lowest BCUT2D eigenvalue weighted by Crippen LogP contribution is -2.41. The van der Waals surface area contributed by atoms with E-state index in [1.807, 2.05) is 6.92 Å². The van der Waals surface area contributed by atoms with Crippen LogP contribution < -0.4 is 0 Å². The Kier molecular flexibility index (Phi) is 6.08. The van der Waals surface area contributed by atoms with Crippen LogP contribution in [0.3, 0.4) is 0 Å². The first-order valence-corrected chi connectivity index (χ1v) is 7.76. The third-order valence-electron chi connectivity index (χ3n) is 4.32. The molecule has 0 bridgehead atoms. The minimum absolute atomic E-state index is 0.0184. The number of aliphatic hydroxyl groups is 2. The van der Waals surface area contributed by atoms with Crippen molar-refractivity contribution in [2.45, 2.75) is 44.8 Å². The Balaban J connectivity index is 1.98. The van der Waals surface area contributed by atoms with Gasteiger partial charge in [-0.25, -0.2) is 4.39 Å². The zero-order valence-corrected chi connectivity index (χ0v) is 12.6. The van der Waals surface area contributed by atoms with Crippen LogP contribution in [-0.2, 0) is 0 Å². The Bertz CT molecular complexity index is 427. The Hall–Kier alpha value is -1.04. The smallest absolute Gasteiger partial charge is 0.141 e. The number of pyridine rings is 1. The largest absolute Gasteiger partial charge is 0.395 e. The van der Waals surface area contributed by atoms with Crippen molar-refractivity contribution in [3.8, 4) is 0 Å². The molecule has 0 radical (unpaired) electrons. The van der Waals surface area contributed by atoms with Crippen LogP contribution in [0.2, 0.25) is 0 Å². The van der Waals surface area contributed by atoms with Crippen molar-refractivity contribution >= 4 is 0 Å². The third-order valence-corrected chi connectivity index (χ3v) is 4.32. The molecule has 0 spiro atoms. The van der Waals surface area contributed by atoms with Gasteiger partial charge in [0.25, 0.3) is 0 Å². The maximum atomic E-state index is 12.9. The summed E-state index contributed by atoms with van der Waals surface area (Å²) in [4.78, 5) is 6.23. The van der Waals surface area contributed by atoms with Gasteiger partial charge in [-0.1, -0.05) is 19.8 Å². The van der Waals surface area contributed by atoms with Crippen molar-refractivity contribution in [3.63, 3.8) is 0 Å². The standard InChI is InChI=1S/C16H25FN2O2/c1-12(16(21)15-7-6-13(17)9-18-15)10-19-8-4-2-3-5-14(19)11-20/h6-7,9,12,14,16,20-21H,2-5,8,10-11H2,1H3. The fraction of sp³-hybridized carbons (Fsp3) is 0.688. The molecule has 2 rings (SSSR count). The van der Waals surface area contributed by atoms with Gasteiger partial charge in [-0.05, 0) is 31.5 Å². The van der Waals surface area contributed by atoms with E-state index in [1.54, 1.807) is 0 Å². The summed E-state index contributed by atoms with van der Waals surface area (Å²) < 4.78 is 12.9. The molecule has 1 fully saturated rings. The Morgan fingerprint density at radius 3 is 2.86 bits per heavy atom. The van der Waals surface area contributed by atoms with Crippen molar-refractivity contribution in [2.24, 2.45) is 5.92 Å². The number of hydrogen-bond acceptors (Lipinski definition) is 4. The summed E-state index contributed by atoms with van der Waals surface area (Å²) in [5, 5.41) is 19.9. The molecule has 1 aliphatic rings. The second-order valence-electron chi connectivity index (χ2n) is 6.00. The van der Waals surface area contributed by atoms with Gasteiger partial charge in [0.2, 0.25) is 0 Å². The molecule has 1 aliphatic heterocycles. The Morgan fingerprint density at radius 2 is 2.19 bits per heavy atom. The van der Waals surface area contributed by atoms with E-state index >= 15 is 0 Å². The molecule has 3 atom stereocenters. The molecule has 21 heavy (non-hydrogen) atoms. The summed E-state index contributed by atoms with van der Waals surface area (Å²) in [5.41, 5.74) is 0.499. The van der Waals surface area contributed by atoms with E-state index in [9.17, 15) is 14.6 Å². The van der Waals surface area contributed by atoms with Crippen molar-refractivity contribution in [1.29, 1.82) is 0 Å². The van der Waals surface area contributed by atoms with Crippen LogP contribution in [0.4, 0.5) is 4.39 Å². The van der Waals surface area contributed by atoms with Gasteiger partial charge in [0.05, 0.1) is 24.6 Å². The average Bonchev–Trinajstić information content (AvgIpc) is 2.72. The number of hydrogen-bond donors (Lipinski definition) is 2. The normalized spacial score (nSPS) is 23.5. The van der Waals surface area contributed by atoms with Gasteiger partial charge in [0.15, 0.2) is 0 Å². The molecule has 0 amide bonds. The molecular formula is C16H25FN2O2. The van der Waals surface area contributed by atoms with Crippen LogP contribution >= 0.6 is 0 Å². The fourth-order valence-corrected chi connectivity index (χ4v) is 3.01. The summed E-state index contributed by atoms with van der Waals surface area (Å²) in [6.07, 6.45) is 4.91. The van der Waals surface area contributed by atoms with Crippen LogP contribution in [0.15, 0.2) is 18.3 Å². The van der Waals surface area contributed by atoms with Gasteiger partial charge in [0.1, 0.15) is 5.82 Å². The van der Waals surface area contributed by atoms with Crippen molar-refractivity contribution in [2.75, 3.05) is 19.7 Å². The summed E-state index contributed by atoms with van der Waals surface area (Å²) in [6.45, 7) is 3.80. The number of aromatic nitrogens is 1. The number of halogens is 1. The number of aliphatic hydroxyl groups excluding tert-OH is 2. The number of rotatable bonds is 5. The third kappa shape index (κ3) is 4.46. The molecule has 118 valence electrons. The van der Waals surface area contributed by atoms with Gasteiger partial charge in [-0.2, -0.15) is 0 Å². The fourth-order valence-electron chi connectivity index (χ4n) is 3.01. The predicted octanol–water partition coefficient (Wildman–Crippen LogP) is 2.13. The minimum atomic E-state index is -0.715. The van der Waals surface area contributed by atoms with E-state index in [2.05, 4.69) is 9.88 Å². The predicted molar refractivity (Wildman–Crippen MR) is 79.2 cm³/mol. The molecule has 0 saturated carbocycles. The number of likely N-dealkylation sites (tertiary alicyclic amines) is 1. The maximum Gasteiger partial charge on any atom is 0.141 e. The highest BCUT2D eigenvalue weighted by Gasteiger charge is 2.25. The molecule has 1 aromatic rings. The van der Waals surface area contributed by atoms with Crippen LogP contribution in [-0.4, -0.2) is 45.8 Å². The zero-order chi connectivity index (χ0) is 15.2. The first kappa shape index (κ1) is 16.3. The highest BCUT2D eigenvalue weighted by atomic mass is 19.1. The zero-order valence-electron chi connectivity index (χ0n) is 12.6. The monoisotopic (exact) mass is 296 g/mol. The maximum absolute atomic E-state index is 12.9. The molecule has 2 heterocycles. The molecule has 0 aromatic carbocycles. The average molecular weight is 296 g/mol. The topological polar surface area (TPSA) is 56.6 Å². The van der Waals surface area contributed by atoms with Crippen molar-refractivity contribution < 1.29 is 14.6 Å². The summed E-state index contributed by atoms with van der Waals surface area (Å²) in [6, 6.07) is 3.03. The first-order chi connectivity index (χ1) is 10.1. The minimum Gasteiger partial charge on any atom is -0.395 e.